The molecule has 0 aliphatic heterocycles. The fourth-order valence-corrected chi connectivity index (χ4v) is 5.65. The second-order valence-corrected chi connectivity index (χ2v) is 9.59. The molecule has 0 unspecified atom stereocenters. The highest BCUT2D eigenvalue weighted by Crippen LogP contribution is 2.52. The van der Waals surface area contributed by atoms with E-state index in [4.69, 9.17) is 9.40 Å². The normalized spacial score (nSPS) is 13.8. The van der Waals surface area contributed by atoms with Gasteiger partial charge in [-0.1, -0.05) is 98.8 Å². The van der Waals surface area contributed by atoms with Crippen LogP contribution in [0.5, 0.6) is 0 Å². The number of benzene rings is 4. The number of nitrogens with zero attached hydrogens (tertiary/aromatic N) is 1. The molecular weight excluding hydrogens is 414 g/mol. The van der Waals surface area contributed by atoms with Crippen molar-refractivity contribution in [3.05, 3.63) is 114 Å². The lowest BCUT2D eigenvalue weighted by molar-refractivity contribution is 0.642. The molecule has 6 aromatic rings. The smallest absolute Gasteiger partial charge is 0.143 e. The predicted octanol–water partition coefficient (Wildman–Crippen LogP) is 8.62. The molecule has 4 aromatic carbocycles. The molecule has 1 aliphatic rings. The Balaban J connectivity index is 1.72. The number of pyridine rings is 1. The SMILES string of the molecule is CC1(C)c2cccnc2-c2ccc(-c3ccccc3)c3oc4c(-c5ccccc5)ccc1c4c23. The van der Waals surface area contributed by atoms with E-state index in [-0.39, 0.29) is 5.41 Å². The summed E-state index contributed by atoms with van der Waals surface area (Å²) in [6, 6.07) is 34.2. The largest absolute Gasteiger partial charge is 0.455 e. The van der Waals surface area contributed by atoms with Gasteiger partial charge in [-0.15, -0.1) is 0 Å². The molecule has 0 bridgehead atoms. The van der Waals surface area contributed by atoms with Crippen LogP contribution in [0.2, 0.25) is 0 Å². The minimum atomic E-state index is -0.222. The van der Waals surface area contributed by atoms with Crippen LogP contribution in [0.3, 0.4) is 0 Å². The highest BCUT2D eigenvalue weighted by atomic mass is 16.3. The number of furan rings is 1. The molecule has 1 aliphatic carbocycles. The predicted molar refractivity (Wildman–Crippen MR) is 140 cm³/mol. The monoisotopic (exact) mass is 437 g/mol. The van der Waals surface area contributed by atoms with Gasteiger partial charge in [-0.25, -0.2) is 0 Å². The summed E-state index contributed by atoms with van der Waals surface area (Å²) in [5.41, 5.74) is 10.9. The highest BCUT2D eigenvalue weighted by molar-refractivity contribution is 6.20. The summed E-state index contributed by atoms with van der Waals surface area (Å²) < 4.78 is 6.86. The van der Waals surface area contributed by atoms with Gasteiger partial charge in [-0.05, 0) is 34.4 Å². The zero-order valence-electron chi connectivity index (χ0n) is 19.2. The Hall–Kier alpha value is -4.17. The molecule has 0 saturated carbocycles. The lowest BCUT2D eigenvalue weighted by atomic mass is 9.76. The van der Waals surface area contributed by atoms with E-state index in [2.05, 4.69) is 105 Å². The number of aromatic nitrogens is 1. The lowest BCUT2D eigenvalue weighted by Crippen LogP contribution is -2.20. The van der Waals surface area contributed by atoms with Gasteiger partial charge in [0.25, 0.3) is 0 Å². The van der Waals surface area contributed by atoms with E-state index in [1.54, 1.807) is 0 Å². The van der Waals surface area contributed by atoms with Gasteiger partial charge in [-0.3, -0.25) is 4.98 Å². The molecule has 0 amide bonds. The lowest BCUT2D eigenvalue weighted by Gasteiger charge is -2.27. The maximum Gasteiger partial charge on any atom is 0.143 e. The van der Waals surface area contributed by atoms with Crippen LogP contribution in [-0.2, 0) is 5.41 Å². The van der Waals surface area contributed by atoms with Gasteiger partial charge in [0.15, 0.2) is 0 Å². The summed E-state index contributed by atoms with van der Waals surface area (Å²) in [6.45, 7) is 4.60. The first-order valence-corrected chi connectivity index (χ1v) is 11.7. The van der Waals surface area contributed by atoms with Crippen molar-refractivity contribution in [2.75, 3.05) is 0 Å². The second kappa shape index (κ2) is 6.91. The summed E-state index contributed by atoms with van der Waals surface area (Å²) in [6.07, 6.45) is 1.90. The van der Waals surface area contributed by atoms with Gasteiger partial charge in [0.05, 0.1) is 5.69 Å². The summed E-state index contributed by atoms with van der Waals surface area (Å²) in [7, 11) is 0. The fraction of sp³-hybridized carbons (Fsp3) is 0.0938. The Labute approximate surface area is 198 Å². The highest BCUT2D eigenvalue weighted by Gasteiger charge is 2.35. The Bertz CT molecular complexity index is 1710. The molecule has 0 spiro atoms. The molecule has 162 valence electrons. The van der Waals surface area contributed by atoms with Crippen LogP contribution in [0, 0.1) is 0 Å². The fourth-order valence-electron chi connectivity index (χ4n) is 5.65. The first-order chi connectivity index (χ1) is 16.6. The zero-order valence-corrected chi connectivity index (χ0v) is 19.2. The maximum absolute atomic E-state index is 6.86. The second-order valence-electron chi connectivity index (χ2n) is 9.59. The molecule has 7 rings (SSSR count). The van der Waals surface area contributed by atoms with E-state index in [0.717, 1.165) is 50.1 Å². The van der Waals surface area contributed by atoms with E-state index < -0.39 is 0 Å². The van der Waals surface area contributed by atoms with E-state index >= 15 is 0 Å². The number of hydrogen-bond donors (Lipinski definition) is 0. The third-order valence-corrected chi connectivity index (χ3v) is 7.35. The molecule has 2 heteroatoms. The average Bonchev–Trinajstić information content (AvgIpc) is 3.26. The minimum absolute atomic E-state index is 0.222. The van der Waals surface area contributed by atoms with Gasteiger partial charge in [0.2, 0.25) is 0 Å². The molecule has 2 nitrogen and oxygen atoms in total. The molecule has 2 heterocycles. The Morgan fingerprint density at radius 3 is 1.82 bits per heavy atom. The summed E-state index contributed by atoms with van der Waals surface area (Å²) >= 11 is 0. The van der Waals surface area contributed by atoms with Crippen LogP contribution in [0.1, 0.15) is 25.0 Å². The van der Waals surface area contributed by atoms with Crippen LogP contribution in [0.25, 0.3) is 55.4 Å². The summed E-state index contributed by atoms with van der Waals surface area (Å²) in [5, 5.41) is 2.36. The Morgan fingerprint density at radius 1 is 0.559 bits per heavy atom. The van der Waals surface area contributed by atoms with Crippen molar-refractivity contribution >= 4 is 21.9 Å². The topological polar surface area (TPSA) is 26.0 Å². The number of hydrogen-bond acceptors (Lipinski definition) is 2. The number of fused-ring (bicyclic) bond motifs is 2. The summed E-state index contributed by atoms with van der Waals surface area (Å²) in [4.78, 5) is 4.89. The quantitative estimate of drug-likeness (QED) is 0.271. The van der Waals surface area contributed by atoms with Crippen molar-refractivity contribution < 1.29 is 4.42 Å². The molecule has 0 radical (unpaired) electrons. The van der Waals surface area contributed by atoms with Crippen LogP contribution in [0.15, 0.2) is 108 Å². The van der Waals surface area contributed by atoms with Gasteiger partial charge < -0.3 is 4.42 Å². The standard InChI is InChI=1S/C32H23NO/c1-32(2)25-18-17-23(21-12-7-4-8-13-21)31-28(25)27-24(29-26(32)14-9-19-33-29)16-15-22(30(27)34-31)20-10-5-3-6-11-20/h3-19H,1-2H3. The van der Waals surface area contributed by atoms with Crippen LogP contribution < -0.4 is 0 Å². The summed E-state index contributed by atoms with van der Waals surface area (Å²) in [5.74, 6) is 0. The van der Waals surface area contributed by atoms with Gasteiger partial charge in [0, 0.05) is 39.1 Å². The van der Waals surface area contributed by atoms with E-state index in [9.17, 15) is 0 Å². The van der Waals surface area contributed by atoms with Crippen molar-refractivity contribution in [1.29, 1.82) is 0 Å². The van der Waals surface area contributed by atoms with E-state index in [1.165, 1.54) is 16.5 Å². The zero-order chi connectivity index (χ0) is 22.9. The third-order valence-electron chi connectivity index (χ3n) is 7.35. The molecule has 0 fully saturated rings. The first kappa shape index (κ1) is 19.3. The van der Waals surface area contributed by atoms with Crippen LogP contribution >= 0.6 is 0 Å². The number of rotatable bonds is 2. The Kier molecular flexibility index (Phi) is 3.93. The van der Waals surface area contributed by atoms with Gasteiger partial charge >= 0.3 is 0 Å². The van der Waals surface area contributed by atoms with Crippen molar-refractivity contribution in [3.63, 3.8) is 0 Å². The van der Waals surface area contributed by atoms with Gasteiger partial charge in [0.1, 0.15) is 11.2 Å². The first-order valence-electron chi connectivity index (χ1n) is 11.7. The van der Waals surface area contributed by atoms with Crippen LogP contribution in [0.4, 0.5) is 0 Å². The molecule has 34 heavy (non-hydrogen) atoms. The van der Waals surface area contributed by atoms with Crippen molar-refractivity contribution in [2.45, 2.75) is 19.3 Å². The van der Waals surface area contributed by atoms with Crippen LogP contribution in [-0.4, -0.2) is 4.98 Å². The Morgan fingerprint density at radius 2 is 1.15 bits per heavy atom. The van der Waals surface area contributed by atoms with Gasteiger partial charge in [-0.2, -0.15) is 0 Å². The average molecular weight is 438 g/mol. The van der Waals surface area contributed by atoms with E-state index in [0.29, 0.717) is 0 Å². The molecule has 0 saturated heterocycles. The molecule has 2 aromatic heterocycles. The van der Waals surface area contributed by atoms with E-state index in [1.807, 2.05) is 12.3 Å². The molecular formula is C32H23NO. The molecule has 0 N–H and O–H groups in total. The molecule has 0 atom stereocenters. The van der Waals surface area contributed by atoms with Crippen molar-refractivity contribution in [2.24, 2.45) is 0 Å². The van der Waals surface area contributed by atoms with Crippen molar-refractivity contribution in [3.8, 4) is 33.5 Å². The van der Waals surface area contributed by atoms with Crippen molar-refractivity contribution in [1.82, 2.24) is 4.98 Å². The maximum atomic E-state index is 6.86. The third kappa shape index (κ3) is 2.54. The minimum Gasteiger partial charge on any atom is -0.455 e.